The maximum atomic E-state index is 6.12. The summed E-state index contributed by atoms with van der Waals surface area (Å²) in [5.74, 6) is 0. The van der Waals surface area contributed by atoms with Gasteiger partial charge >= 0.3 is 0 Å². The van der Waals surface area contributed by atoms with Gasteiger partial charge in [-0.3, -0.25) is 0 Å². The fourth-order valence-corrected chi connectivity index (χ4v) is 2.84. The van der Waals surface area contributed by atoms with Crippen molar-refractivity contribution in [2.24, 2.45) is 0 Å². The lowest BCUT2D eigenvalue weighted by molar-refractivity contribution is 1.51. The van der Waals surface area contributed by atoms with Crippen LogP contribution in [0.5, 0.6) is 0 Å². The van der Waals surface area contributed by atoms with Crippen LogP contribution in [0.2, 0.25) is 0 Å². The van der Waals surface area contributed by atoms with Crippen molar-refractivity contribution in [3.05, 3.63) is 42.1 Å². The summed E-state index contributed by atoms with van der Waals surface area (Å²) < 4.78 is 0. The molecule has 0 aromatic heterocycles. The van der Waals surface area contributed by atoms with Crippen molar-refractivity contribution in [3.8, 4) is 0 Å². The molecule has 0 bridgehead atoms. The minimum atomic E-state index is -1.34. The largest absolute Gasteiger partial charge is 0.194 e. The molecule has 0 saturated carbocycles. The van der Waals surface area contributed by atoms with Gasteiger partial charge in [-0.25, -0.2) is 0 Å². The first kappa shape index (κ1) is 8.56. The van der Waals surface area contributed by atoms with Gasteiger partial charge in [0.05, 0.1) is 0 Å². The third kappa shape index (κ3) is 1.95. The van der Waals surface area contributed by atoms with Gasteiger partial charge in [0.15, 0.2) is 8.11 Å². The monoisotopic (exact) mass is 182 g/mol. The van der Waals surface area contributed by atoms with E-state index in [4.69, 9.17) is 11.1 Å². The van der Waals surface area contributed by atoms with E-state index in [2.05, 4.69) is 25.6 Å². The molecule has 0 spiro atoms. The molecule has 0 nitrogen and oxygen atoms in total. The molecular formula is C9H11ClSi. The Bertz CT molecular complexity index is 257. The molecule has 0 aliphatic rings. The van der Waals surface area contributed by atoms with Crippen molar-refractivity contribution in [2.45, 2.75) is 6.92 Å². The zero-order valence-corrected chi connectivity index (χ0v) is 8.46. The molecule has 1 unspecified atom stereocenters. The first-order chi connectivity index (χ1) is 5.25. The summed E-state index contributed by atoms with van der Waals surface area (Å²) in [6.45, 7) is 5.79. The van der Waals surface area contributed by atoms with Crippen LogP contribution in [0.15, 0.2) is 36.5 Å². The van der Waals surface area contributed by atoms with Crippen molar-refractivity contribution >= 4 is 24.4 Å². The highest BCUT2D eigenvalue weighted by Crippen LogP contribution is 1.99. The molecule has 11 heavy (non-hydrogen) atoms. The number of hydrogen-bond acceptors (Lipinski definition) is 0. The second-order valence-corrected chi connectivity index (χ2v) is 5.80. The Morgan fingerprint density at radius 1 is 1.45 bits per heavy atom. The Labute approximate surface area is 73.8 Å². The van der Waals surface area contributed by atoms with Crippen LogP contribution in [-0.4, -0.2) is 8.11 Å². The van der Waals surface area contributed by atoms with Crippen LogP contribution in [0.3, 0.4) is 0 Å². The van der Waals surface area contributed by atoms with Crippen molar-refractivity contribution in [3.63, 3.8) is 0 Å². The van der Waals surface area contributed by atoms with E-state index in [-0.39, 0.29) is 0 Å². The van der Waals surface area contributed by atoms with E-state index in [1.54, 1.807) is 0 Å². The van der Waals surface area contributed by atoms with Gasteiger partial charge in [0, 0.05) is 0 Å². The van der Waals surface area contributed by atoms with Crippen LogP contribution in [0.25, 0.3) is 0 Å². The standard InChI is InChI=1S/C9H11ClSi/c1-3-11(10)9-7-5-4-6-8(9)2/h3-7,11H,1H2,2H3. The average molecular weight is 183 g/mol. The molecule has 0 saturated heterocycles. The molecular weight excluding hydrogens is 172 g/mol. The van der Waals surface area contributed by atoms with E-state index < -0.39 is 8.11 Å². The maximum Gasteiger partial charge on any atom is 0.194 e. The van der Waals surface area contributed by atoms with Gasteiger partial charge in [-0.1, -0.05) is 35.5 Å². The van der Waals surface area contributed by atoms with Crippen LogP contribution in [0.1, 0.15) is 5.56 Å². The second-order valence-electron chi connectivity index (χ2n) is 2.49. The van der Waals surface area contributed by atoms with Gasteiger partial charge in [0.1, 0.15) is 0 Å². The van der Waals surface area contributed by atoms with E-state index in [1.165, 1.54) is 10.8 Å². The third-order valence-corrected chi connectivity index (χ3v) is 4.59. The Hall–Kier alpha value is -0.533. The van der Waals surface area contributed by atoms with Crippen LogP contribution >= 0.6 is 11.1 Å². The number of aryl methyl sites for hydroxylation is 1. The first-order valence-electron chi connectivity index (χ1n) is 3.58. The highest BCUT2D eigenvalue weighted by molar-refractivity contribution is 7.17. The molecule has 0 N–H and O–H groups in total. The quantitative estimate of drug-likeness (QED) is 0.484. The highest BCUT2D eigenvalue weighted by Gasteiger charge is 2.06. The van der Waals surface area contributed by atoms with Crippen LogP contribution in [0.4, 0.5) is 0 Å². The topological polar surface area (TPSA) is 0 Å². The van der Waals surface area contributed by atoms with Crippen molar-refractivity contribution < 1.29 is 0 Å². The summed E-state index contributed by atoms with van der Waals surface area (Å²) in [4.78, 5) is 0. The van der Waals surface area contributed by atoms with Crippen LogP contribution in [-0.2, 0) is 0 Å². The Morgan fingerprint density at radius 2 is 2.09 bits per heavy atom. The molecule has 0 aliphatic heterocycles. The van der Waals surface area contributed by atoms with Crippen molar-refractivity contribution in [1.82, 2.24) is 0 Å². The Kier molecular flexibility index (Phi) is 2.91. The molecule has 0 heterocycles. The number of benzene rings is 1. The molecule has 2 heteroatoms. The first-order valence-corrected chi connectivity index (χ1v) is 6.57. The summed E-state index contributed by atoms with van der Waals surface area (Å²) in [5, 5.41) is 1.28. The predicted octanol–water partition coefficient (Wildman–Crippen LogP) is 1.89. The minimum absolute atomic E-state index is 1.28. The molecule has 0 fully saturated rings. The number of halogens is 1. The lowest BCUT2D eigenvalue weighted by Gasteiger charge is -2.05. The van der Waals surface area contributed by atoms with E-state index in [0.717, 1.165) is 0 Å². The van der Waals surface area contributed by atoms with Gasteiger partial charge in [-0.15, -0.1) is 6.58 Å². The van der Waals surface area contributed by atoms with Gasteiger partial charge in [-0.05, 0) is 12.1 Å². The minimum Gasteiger partial charge on any atom is -0.160 e. The molecule has 1 atom stereocenters. The van der Waals surface area contributed by atoms with Crippen molar-refractivity contribution in [1.29, 1.82) is 0 Å². The van der Waals surface area contributed by atoms with Crippen molar-refractivity contribution in [2.75, 3.05) is 0 Å². The average Bonchev–Trinajstić information content (AvgIpc) is 2.04. The SMILES string of the molecule is C=C[SiH](Cl)c1ccccc1C. The fraction of sp³-hybridized carbons (Fsp3) is 0.111. The summed E-state index contributed by atoms with van der Waals surface area (Å²) in [6, 6.07) is 8.22. The maximum absolute atomic E-state index is 6.12. The molecule has 0 aliphatic carbocycles. The number of rotatable bonds is 2. The molecule has 0 radical (unpaired) electrons. The molecule has 58 valence electrons. The summed E-state index contributed by atoms with van der Waals surface area (Å²) in [6.07, 6.45) is 0. The molecule has 1 rings (SSSR count). The van der Waals surface area contributed by atoms with Crippen LogP contribution < -0.4 is 5.19 Å². The lowest BCUT2D eigenvalue weighted by Crippen LogP contribution is -2.24. The van der Waals surface area contributed by atoms with E-state index >= 15 is 0 Å². The smallest absolute Gasteiger partial charge is 0.160 e. The Balaban J connectivity index is 3.02. The molecule has 0 amide bonds. The highest BCUT2D eigenvalue weighted by atomic mass is 35.6. The normalized spacial score (nSPS) is 12.5. The second kappa shape index (κ2) is 3.74. The molecule has 1 aromatic carbocycles. The van der Waals surface area contributed by atoms with E-state index in [1.807, 2.05) is 17.8 Å². The summed E-state index contributed by atoms with van der Waals surface area (Å²) >= 11 is 6.12. The van der Waals surface area contributed by atoms with Gasteiger partial charge in [0.25, 0.3) is 0 Å². The summed E-state index contributed by atoms with van der Waals surface area (Å²) in [7, 11) is -1.34. The van der Waals surface area contributed by atoms with Gasteiger partial charge in [0.2, 0.25) is 0 Å². The third-order valence-electron chi connectivity index (χ3n) is 1.69. The zero-order chi connectivity index (χ0) is 8.27. The number of hydrogen-bond donors (Lipinski definition) is 0. The Morgan fingerprint density at radius 3 is 2.64 bits per heavy atom. The zero-order valence-electron chi connectivity index (χ0n) is 6.55. The summed E-state index contributed by atoms with van der Waals surface area (Å²) in [5.41, 5.74) is 3.16. The van der Waals surface area contributed by atoms with E-state index in [9.17, 15) is 0 Å². The lowest BCUT2D eigenvalue weighted by atomic mass is 10.2. The fourth-order valence-electron chi connectivity index (χ4n) is 1.02. The van der Waals surface area contributed by atoms with Gasteiger partial charge < -0.3 is 0 Å². The van der Waals surface area contributed by atoms with Crippen LogP contribution in [0, 0.1) is 6.92 Å². The molecule has 1 aromatic rings. The van der Waals surface area contributed by atoms with E-state index in [0.29, 0.717) is 0 Å². The predicted molar refractivity (Wildman–Crippen MR) is 54.0 cm³/mol. The van der Waals surface area contributed by atoms with Gasteiger partial charge in [-0.2, -0.15) is 11.1 Å².